The van der Waals surface area contributed by atoms with Gasteiger partial charge >= 0.3 is 6.18 Å². The molecule has 0 spiro atoms. The highest BCUT2D eigenvalue weighted by Gasteiger charge is 2.31. The van der Waals surface area contributed by atoms with E-state index >= 15 is 0 Å². The van der Waals surface area contributed by atoms with Gasteiger partial charge in [0.2, 0.25) is 0 Å². The van der Waals surface area contributed by atoms with Crippen LogP contribution in [0.5, 0.6) is 0 Å². The summed E-state index contributed by atoms with van der Waals surface area (Å²) in [5.74, 6) is 2.29. The van der Waals surface area contributed by atoms with Gasteiger partial charge in [0.25, 0.3) is 0 Å². The molecule has 1 saturated heterocycles. The first-order valence-corrected chi connectivity index (χ1v) is 9.71. The molecule has 0 bridgehead atoms. The highest BCUT2D eigenvalue weighted by molar-refractivity contribution is 5.80. The zero-order valence-corrected chi connectivity index (χ0v) is 17.2. The number of nitrogens with zero attached hydrogens (tertiary/aromatic N) is 6. The number of aromatic nitrogens is 3. The Morgan fingerprint density at radius 1 is 1.23 bits per heavy atom. The van der Waals surface area contributed by atoms with E-state index in [1.807, 2.05) is 23.4 Å². The normalized spacial score (nSPS) is 15.4. The van der Waals surface area contributed by atoms with Crippen molar-refractivity contribution in [3.05, 3.63) is 54.1 Å². The van der Waals surface area contributed by atoms with Gasteiger partial charge in [-0.3, -0.25) is 0 Å². The summed E-state index contributed by atoms with van der Waals surface area (Å²) in [6, 6.07) is 5.47. The molecular formula is C20H26F3N7. The number of rotatable bonds is 5. The fourth-order valence-corrected chi connectivity index (χ4v) is 3.22. The number of aryl methyl sites for hydroxylation is 1. The summed E-state index contributed by atoms with van der Waals surface area (Å²) in [6.45, 7) is 9.01. The molecule has 1 aromatic carbocycles. The number of aliphatic imine (C=N–C) groups is 1. The Morgan fingerprint density at radius 3 is 2.57 bits per heavy atom. The lowest BCUT2D eigenvalue weighted by Gasteiger charge is -2.38. The van der Waals surface area contributed by atoms with Crippen molar-refractivity contribution >= 4 is 11.6 Å². The molecule has 10 heteroatoms. The van der Waals surface area contributed by atoms with Gasteiger partial charge in [0.05, 0.1) is 5.56 Å². The fourth-order valence-electron chi connectivity index (χ4n) is 3.22. The molecule has 30 heavy (non-hydrogen) atoms. The van der Waals surface area contributed by atoms with E-state index in [0.717, 1.165) is 23.7 Å². The SMILES string of the molecule is C=CCNC(=NCc1nnc(C)n1C)N1CCN(c2cccc(C(F)(F)F)c2)CC1. The Bertz CT molecular complexity index is 896. The topological polar surface area (TPSA) is 61.6 Å². The third kappa shape index (κ3) is 5.11. The molecule has 0 unspecified atom stereocenters. The number of hydrogen-bond acceptors (Lipinski definition) is 4. The Balaban J connectivity index is 1.67. The van der Waals surface area contributed by atoms with Crippen molar-refractivity contribution in [2.24, 2.45) is 12.0 Å². The quantitative estimate of drug-likeness (QED) is 0.457. The van der Waals surface area contributed by atoms with E-state index in [9.17, 15) is 13.2 Å². The third-order valence-electron chi connectivity index (χ3n) is 5.08. The third-order valence-corrected chi connectivity index (χ3v) is 5.08. The number of anilines is 1. The monoisotopic (exact) mass is 421 g/mol. The number of benzene rings is 1. The van der Waals surface area contributed by atoms with E-state index in [0.29, 0.717) is 45.0 Å². The molecule has 2 heterocycles. The maximum atomic E-state index is 13.0. The molecule has 0 atom stereocenters. The minimum absolute atomic E-state index is 0.380. The largest absolute Gasteiger partial charge is 0.416 e. The number of guanidine groups is 1. The number of nitrogens with one attached hydrogen (secondary N) is 1. The second-order valence-electron chi connectivity index (χ2n) is 7.05. The van der Waals surface area contributed by atoms with E-state index in [1.54, 1.807) is 12.1 Å². The standard InChI is InChI=1S/C20H26F3N7/c1-4-8-24-19(25-14-18-27-26-15(2)28(18)3)30-11-9-29(10-12-30)17-7-5-6-16(13-17)20(21,22)23/h4-7,13H,1,8-12,14H2,2-3H3,(H,24,25). The molecule has 1 N–H and O–H groups in total. The van der Waals surface area contributed by atoms with Gasteiger partial charge in [-0.15, -0.1) is 16.8 Å². The van der Waals surface area contributed by atoms with Crippen LogP contribution in [0.3, 0.4) is 0 Å². The molecule has 162 valence electrons. The van der Waals surface area contributed by atoms with Gasteiger partial charge in [-0.1, -0.05) is 12.1 Å². The number of alkyl halides is 3. The predicted octanol–water partition coefficient (Wildman–Crippen LogP) is 2.60. The highest BCUT2D eigenvalue weighted by atomic mass is 19.4. The van der Waals surface area contributed by atoms with Crippen LogP contribution in [0.2, 0.25) is 0 Å². The summed E-state index contributed by atoms with van der Waals surface area (Å²) in [5.41, 5.74) is -0.0483. The Morgan fingerprint density at radius 2 is 1.97 bits per heavy atom. The van der Waals surface area contributed by atoms with Crippen LogP contribution in [0.4, 0.5) is 18.9 Å². The molecule has 3 rings (SSSR count). The van der Waals surface area contributed by atoms with E-state index < -0.39 is 11.7 Å². The molecule has 0 saturated carbocycles. The van der Waals surface area contributed by atoms with Crippen molar-refractivity contribution in [1.82, 2.24) is 25.0 Å². The van der Waals surface area contributed by atoms with Crippen LogP contribution in [0.25, 0.3) is 0 Å². The molecule has 1 aliphatic heterocycles. The van der Waals surface area contributed by atoms with E-state index in [4.69, 9.17) is 0 Å². The van der Waals surface area contributed by atoms with Gasteiger partial charge in [0.15, 0.2) is 11.8 Å². The minimum atomic E-state index is -4.34. The number of hydrogen-bond donors (Lipinski definition) is 1. The van der Waals surface area contributed by atoms with Crippen molar-refractivity contribution in [1.29, 1.82) is 0 Å². The Kier molecular flexibility index (Phi) is 6.63. The molecule has 0 amide bonds. The van der Waals surface area contributed by atoms with Crippen LogP contribution in [-0.4, -0.2) is 58.3 Å². The number of halogens is 3. The molecule has 1 fully saturated rings. The molecule has 0 aliphatic carbocycles. The van der Waals surface area contributed by atoms with Crippen molar-refractivity contribution in [3.8, 4) is 0 Å². The van der Waals surface area contributed by atoms with Crippen LogP contribution < -0.4 is 10.2 Å². The molecular weight excluding hydrogens is 395 g/mol. The average molecular weight is 421 g/mol. The summed E-state index contributed by atoms with van der Waals surface area (Å²) in [5, 5.41) is 11.4. The van der Waals surface area contributed by atoms with Gasteiger partial charge in [0, 0.05) is 45.5 Å². The van der Waals surface area contributed by atoms with Gasteiger partial charge in [-0.05, 0) is 25.1 Å². The minimum Gasteiger partial charge on any atom is -0.368 e. The van der Waals surface area contributed by atoms with Crippen LogP contribution in [0.15, 0.2) is 41.9 Å². The van der Waals surface area contributed by atoms with Gasteiger partial charge in [0.1, 0.15) is 12.4 Å². The first kappa shape index (κ1) is 21.7. The molecule has 7 nitrogen and oxygen atoms in total. The Hall–Kier alpha value is -3.04. The second kappa shape index (κ2) is 9.19. The zero-order chi connectivity index (χ0) is 21.7. The molecule has 0 radical (unpaired) electrons. The van der Waals surface area contributed by atoms with E-state index in [-0.39, 0.29) is 0 Å². The maximum Gasteiger partial charge on any atom is 0.416 e. The fraction of sp³-hybridized carbons (Fsp3) is 0.450. The smallest absolute Gasteiger partial charge is 0.368 e. The number of piperazine rings is 1. The summed E-state index contributed by atoms with van der Waals surface area (Å²) in [4.78, 5) is 8.72. The summed E-state index contributed by atoms with van der Waals surface area (Å²) < 4.78 is 40.9. The van der Waals surface area contributed by atoms with Crippen LogP contribution >= 0.6 is 0 Å². The van der Waals surface area contributed by atoms with Crippen molar-refractivity contribution in [3.63, 3.8) is 0 Å². The molecule has 1 aliphatic rings. The maximum absolute atomic E-state index is 13.0. The first-order chi connectivity index (χ1) is 14.3. The second-order valence-corrected chi connectivity index (χ2v) is 7.05. The summed E-state index contributed by atoms with van der Waals surface area (Å²) in [7, 11) is 1.89. The van der Waals surface area contributed by atoms with Crippen molar-refractivity contribution in [2.75, 3.05) is 37.6 Å². The summed E-state index contributed by atoms with van der Waals surface area (Å²) in [6.07, 6.45) is -2.59. The lowest BCUT2D eigenvalue weighted by molar-refractivity contribution is -0.137. The molecule has 2 aromatic rings. The van der Waals surface area contributed by atoms with Gasteiger partial charge in [-0.25, -0.2) is 4.99 Å². The zero-order valence-electron chi connectivity index (χ0n) is 17.2. The van der Waals surface area contributed by atoms with Crippen LogP contribution in [0.1, 0.15) is 17.2 Å². The highest BCUT2D eigenvalue weighted by Crippen LogP contribution is 2.31. The van der Waals surface area contributed by atoms with Gasteiger partial charge in [-0.2, -0.15) is 13.2 Å². The van der Waals surface area contributed by atoms with Crippen LogP contribution in [-0.2, 0) is 19.8 Å². The van der Waals surface area contributed by atoms with Gasteiger partial charge < -0.3 is 19.7 Å². The predicted molar refractivity (Wildman–Crippen MR) is 110 cm³/mol. The lowest BCUT2D eigenvalue weighted by atomic mass is 10.1. The Labute approximate surface area is 173 Å². The van der Waals surface area contributed by atoms with Crippen LogP contribution in [0, 0.1) is 6.92 Å². The van der Waals surface area contributed by atoms with Crippen molar-refractivity contribution in [2.45, 2.75) is 19.6 Å². The average Bonchev–Trinajstić information content (AvgIpc) is 3.06. The van der Waals surface area contributed by atoms with Crippen molar-refractivity contribution < 1.29 is 13.2 Å². The molecule has 1 aromatic heterocycles. The van der Waals surface area contributed by atoms with E-state index in [2.05, 4.69) is 32.0 Å². The first-order valence-electron chi connectivity index (χ1n) is 9.71. The summed E-state index contributed by atoms with van der Waals surface area (Å²) >= 11 is 0. The lowest BCUT2D eigenvalue weighted by Crippen LogP contribution is -2.52. The van der Waals surface area contributed by atoms with E-state index in [1.165, 1.54) is 12.1 Å².